The molecule has 1 fully saturated rings. The molecule has 0 aliphatic carbocycles. The molecule has 0 bridgehead atoms. The van der Waals surface area contributed by atoms with E-state index in [0.29, 0.717) is 16.3 Å². The summed E-state index contributed by atoms with van der Waals surface area (Å²) >= 11 is 5.98. The summed E-state index contributed by atoms with van der Waals surface area (Å²) < 4.78 is 0. The Morgan fingerprint density at radius 2 is 2.11 bits per heavy atom. The number of nitrogens with two attached hydrogens (primary N) is 1. The van der Waals surface area contributed by atoms with Gasteiger partial charge in [-0.25, -0.2) is 0 Å². The molecule has 1 amide bonds. The van der Waals surface area contributed by atoms with E-state index >= 15 is 0 Å². The lowest BCUT2D eigenvalue weighted by Crippen LogP contribution is -2.32. The number of likely N-dealkylation sites (tertiary alicyclic amines) is 1. The van der Waals surface area contributed by atoms with E-state index in [1.165, 1.54) is 0 Å². The van der Waals surface area contributed by atoms with Crippen molar-refractivity contribution in [2.24, 2.45) is 5.41 Å². The van der Waals surface area contributed by atoms with Gasteiger partial charge in [0.05, 0.1) is 16.3 Å². The fourth-order valence-electron chi connectivity index (χ4n) is 2.83. The van der Waals surface area contributed by atoms with Crippen LogP contribution < -0.4 is 5.73 Å². The molecule has 104 valence electrons. The van der Waals surface area contributed by atoms with Gasteiger partial charge >= 0.3 is 0 Å². The van der Waals surface area contributed by atoms with Crippen molar-refractivity contribution >= 4 is 23.2 Å². The van der Waals surface area contributed by atoms with Crippen molar-refractivity contribution in [3.8, 4) is 0 Å². The zero-order valence-corrected chi connectivity index (χ0v) is 12.3. The topological polar surface area (TPSA) is 46.3 Å². The van der Waals surface area contributed by atoms with Crippen LogP contribution in [0.15, 0.2) is 18.2 Å². The fraction of sp³-hybridized carbons (Fsp3) is 0.533. The third-order valence-corrected chi connectivity index (χ3v) is 4.84. The number of halogens is 1. The van der Waals surface area contributed by atoms with E-state index in [0.717, 1.165) is 32.4 Å². The maximum Gasteiger partial charge on any atom is 0.256 e. The molecular weight excluding hydrogens is 260 g/mol. The van der Waals surface area contributed by atoms with Crippen LogP contribution in [0.4, 0.5) is 5.69 Å². The summed E-state index contributed by atoms with van der Waals surface area (Å²) in [5.74, 6) is 0.00350. The minimum Gasteiger partial charge on any atom is -0.397 e. The summed E-state index contributed by atoms with van der Waals surface area (Å²) in [6.07, 6.45) is 3.29. The number of nitrogen functional groups attached to an aromatic ring is 1. The molecule has 0 spiro atoms. The van der Waals surface area contributed by atoms with E-state index in [2.05, 4.69) is 13.8 Å². The Bertz CT molecular complexity index is 483. The number of anilines is 1. The lowest BCUT2D eigenvalue weighted by atomic mass is 9.82. The van der Waals surface area contributed by atoms with Crippen molar-refractivity contribution in [3.63, 3.8) is 0 Å². The highest BCUT2D eigenvalue weighted by molar-refractivity contribution is 6.33. The van der Waals surface area contributed by atoms with Crippen LogP contribution in [0.25, 0.3) is 0 Å². The van der Waals surface area contributed by atoms with Gasteiger partial charge in [-0.3, -0.25) is 4.79 Å². The monoisotopic (exact) mass is 280 g/mol. The van der Waals surface area contributed by atoms with Crippen molar-refractivity contribution in [1.82, 2.24) is 4.90 Å². The van der Waals surface area contributed by atoms with Crippen molar-refractivity contribution in [3.05, 3.63) is 28.8 Å². The average Bonchev–Trinajstić information content (AvgIpc) is 2.86. The van der Waals surface area contributed by atoms with Crippen LogP contribution in [0.2, 0.25) is 5.02 Å². The Kier molecular flexibility index (Phi) is 4.04. The third kappa shape index (κ3) is 2.57. The molecule has 2 N–H and O–H groups in total. The molecule has 0 saturated carbocycles. The number of para-hydroxylation sites is 1. The van der Waals surface area contributed by atoms with Crippen molar-refractivity contribution in [2.75, 3.05) is 18.8 Å². The third-order valence-electron chi connectivity index (χ3n) is 4.51. The first-order valence-corrected chi connectivity index (χ1v) is 7.24. The summed E-state index contributed by atoms with van der Waals surface area (Å²) in [6, 6.07) is 5.23. The number of rotatable bonds is 3. The van der Waals surface area contributed by atoms with Gasteiger partial charge in [-0.1, -0.05) is 31.5 Å². The first-order valence-electron chi connectivity index (χ1n) is 6.86. The molecule has 2 rings (SSSR count). The smallest absolute Gasteiger partial charge is 0.256 e. The standard InChI is InChI=1S/C15H21ClN2O/c1-3-15(4-2)8-9-18(10-15)14(19)11-6-5-7-12(16)13(11)17/h5-7H,3-4,8-10,17H2,1-2H3. The van der Waals surface area contributed by atoms with Crippen molar-refractivity contribution in [1.29, 1.82) is 0 Å². The first kappa shape index (κ1) is 14.2. The molecular formula is C15H21ClN2O. The predicted octanol–water partition coefficient (Wildman–Crippen LogP) is 3.57. The number of benzene rings is 1. The second kappa shape index (κ2) is 5.41. The van der Waals surface area contributed by atoms with Gasteiger partial charge < -0.3 is 10.6 Å². The largest absolute Gasteiger partial charge is 0.397 e. The number of carbonyl (C=O) groups excluding carboxylic acids is 1. The highest BCUT2D eigenvalue weighted by Gasteiger charge is 2.37. The zero-order valence-electron chi connectivity index (χ0n) is 11.6. The highest BCUT2D eigenvalue weighted by Crippen LogP contribution is 2.38. The van der Waals surface area contributed by atoms with Gasteiger partial charge in [-0.05, 0) is 36.8 Å². The molecule has 1 aliphatic rings. The molecule has 0 radical (unpaired) electrons. The van der Waals surface area contributed by atoms with Gasteiger partial charge in [-0.2, -0.15) is 0 Å². The van der Waals surface area contributed by atoms with Crippen LogP contribution in [0.5, 0.6) is 0 Å². The van der Waals surface area contributed by atoms with Gasteiger partial charge in [0.2, 0.25) is 0 Å². The van der Waals surface area contributed by atoms with Crippen LogP contribution in [-0.2, 0) is 0 Å². The quantitative estimate of drug-likeness (QED) is 0.860. The second-order valence-electron chi connectivity index (χ2n) is 5.38. The fourth-order valence-corrected chi connectivity index (χ4v) is 3.00. The minimum atomic E-state index is 0.00350. The highest BCUT2D eigenvalue weighted by atomic mass is 35.5. The molecule has 1 aliphatic heterocycles. The number of hydrogen-bond donors (Lipinski definition) is 1. The van der Waals surface area contributed by atoms with E-state index in [1.807, 2.05) is 4.90 Å². The second-order valence-corrected chi connectivity index (χ2v) is 5.79. The Morgan fingerprint density at radius 1 is 1.42 bits per heavy atom. The lowest BCUT2D eigenvalue weighted by molar-refractivity contribution is 0.0771. The molecule has 1 aromatic carbocycles. The first-order chi connectivity index (χ1) is 9.03. The van der Waals surface area contributed by atoms with Gasteiger partial charge in [0, 0.05) is 13.1 Å². The summed E-state index contributed by atoms with van der Waals surface area (Å²) in [5.41, 5.74) is 7.10. The molecule has 0 atom stereocenters. The van der Waals surface area contributed by atoms with Crippen LogP contribution in [-0.4, -0.2) is 23.9 Å². The maximum atomic E-state index is 12.5. The van der Waals surface area contributed by atoms with Gasteiger partial charge in [0.15, 0.2) is 0 Å². The predicted molar refractivity (Wildman–Crippen MR) is 79.4 cm³/mol. The maximum absolute atomic E-state index is 12.5. The summed E-state index contributed by atoms with van der Waals surface area (Å²) in [6.45, 7) is 6.04. The summed E-state index contributed by atoms with van der Waals surface area (Å²) in [5, 5.41) is 0.447. The minimum absolute atomic E-state index is 0.00350. The molecule has 3 nitrogen and oxygen atoms in total. The Morgan fingerprint density at radius 3 is 2.68 bits per heavy atom. The SMILES string of the molecule is CCC1(CC)CCN(C(=O)c2cccc(Cl)c2N)C1. The zero-order chi connectivity index (χ0) is 14.0. The number of amides is 1. The van der Waals surface area contributed by atoms with Crippen LogP contribution >= 0.6 is 11.6 Å². The van der Waals surface area contributed by atoms with Gasteiger partial charge in [0.1, 0.15) is 0 Å². The van der Waals surface area contributed by atoms with Crippen LogP contribution in [0.1, 0.15) is 43.5 Å². The Labute approximate surface area is 119 Å². The molecule has 0 unspecified atom stereocenters. The van der Waals surface area contributed by atoms with Gasteiger partial charge in [0.25, 0.3) is 5.91 Å². The lowest BCUT2D eigenvalue weighted by Gasteiger charge is -2.26. The Balaban J connectivity index is 2.20. The summed E-state index contributed by atoms with van der Waals surface area (Å²) in [4.78, 5) is 14.4. The molecule has 1 saturated heterocycles. The van der Waals surface area contributed by atoms with E-state index < -0.39 is 0 Å². The van der Waals surface area contributed by atoms with E-state index in [1.54, 1.807) is 18.2 Å². The number of carbonyl (C=O) groups is 1. The van der Waals surface area contributed by atoms with Crippen molar-refractivity contribution < 1.29 is 4.79 Å². The van der Waals surface area contributed by atoms with Crippen LogP contribution in [0.3, 0.4) is 0 Å². The van der Waals surface area contributed by atoms with Crippen molar-refractivity contribution in [2.45, 2.75) is 33.1 Å². The normalized spacial score (nSPS) is 17.7. The number of nitrogens with zero attached hydrogens (tertiary/aromatic N) is 1. The molecule has 1 aromatic rings. The van der Waals surface area contributed by atoms with E-state index in [-0.39, 0.29) is 11.3 Å². The van der Waals surface area contributed by atoms with Crippen LogP contribution in [0, 0.1) is 5.41 Å². The van der Waals surface area contributed by atoms with E-state index in [9.17, 15) is 4.79 Å². The molecule has 19 heavy (non-hydrogen) atoms. The Hall–Kier alpha value is -1.22. The molecule has 4 heteroatoms. The molecule has 0 aromatic heterocycles. The number of hydrogen-bond acceptors (Lipinski definition) is 2. The van der Waals surface area contributed by atoms with E-state index in [4.69, 9.17) is 17.3 Å². The van der Waals surface area contributed by atoms with Gasteiger partial charge in [-0.15, -0.1) is 0 Å². The average molecular weight is 281 g/mol. The summed E-state index contributed by atoms with van der Waals surface area (Å²) in [7, 11) is 0. The molecule has 1 heterocycles.